The molecule has 4 heteroatoms. The number of piperidine rings is 1. The SMILES string of the molecule is CC1(C)C2C(=O)N(C(C)(C)CO)C(=O)C21. The van der Waals surface area contributed by atoms with E-state index in [1.165, 1.54) is 4.90 Å². The predicted molar refractivity (Wildman–Crippen MR) is 53.8 cm³/mol. The highest BCUT2D eigenvalue weighted by Crippen LogP contribution is 2.64. The van der Waals surface area contributed by atoms with Crippen molar-refractivity contribution in [1.29, 1.82) is 0 Å². The van der Waals surface area contributed by atoms with Crippen LogP contribution in [0.2, 0.25) is 0 Å². The predicted octanol–water partition coefficient (Wildman–Crippen LogP) is 0.398. The van der Waals surface area contributed by atoms with Crippen molar-refractivity contribution in [2.24, 2.45) is 17.3 Å². The fourth-order valence-corrected chi connectivity index (χ4v) is 2.61. The third-order valence-electron chi connectivity index (χ3n) is 3.79. The van der Waals surface area contributed by atoms with Gasteiger partial charge in [-0.2, -0.15) is 0 Å². The molecule has 1 saturated heterocycles. The maximum atomic E-state index is 12.0. The minimum atomic E-state index is -0.766. The second-order valence-electron chi connectivity index (χ2n) is 5.76. The number of likely N-dealkylation sites (tertiary alicyclic amines) is 1. The average Bonchev–Trinajstić information content (AvgIpc) is 2.54. The van der Waals surface area contributed by atoms with Crippen molar-refractivity contribution >= 4 is 11.8 Å². The maximum Gasteiger partial charge on any atom is 0.234 e. The number of nitrogens with zero attached hydrogens (tertiary/aromatic N) is 1. The molecule has 1 aliphatic heterocycles. The van der Waals surface area contributed by atoms with Gasteiger partial charge in [0.1, 0.15) is 0 Å². The summed E-state index contributed by atoms with van der Waals surface area (Å²) < 4.78 is 0. The van der Waals surface area contributed by atoms with E-state index < -0.39 is 5.54 Å². The molecule has 2 aliphatic rings. The van der Waals surface area contributed by atoms with Crippen LogP contribution in [0.3, 0.4) is 0 Å². The van der Waals surface area contributed by atoms with Gasteiger partial charge in [0, 0.05) is 0 Å². The van der Waals surface area contributed by atoms with Crippen molar-refractivity contribution in [3.63, 3.8) is 0 Å². The first-order valence-corrected chi connectivity index (χ1v) is 5.24. The molecule has 1 N–H and O–H groups in total. The van der Waals surface area contributed by atoms with Gasteiger partial charge >= 0.3 is 0 Å². The molecule has 15 heavy (non-hydrogen) atoms. The molecular weight excluding hydrogens is 194 g/mol. The Morgan fingerprint density at radius 1 is 1.27 bits per heavy atom. The number of hydrogen-bond donors (Lipinski definition) is 1. The summed E-state index contributed by atoms with van der Waals surface area (Å²) in [7, 11) is 0. The number of fused-ring (bicyclic) bond motifs is 1. The van der Waals surface area contributed by atoms with E-state index in [1.807, 2.05) is 13.8 Å². The van der Waals surface area contributed by atoms with E-state index in [4.69, 9.17) is 0 Å². The van der Waals surface area contributed by atoms with Crippen molar-refractivity contribution in [2.75, 3.05) is 6.61 Å². The first-order valence-electron chi connectivity index (χ1n) is 5.24. The second kappa shape index (κ2) is 2.61. The third kappa shape index (κ3) is 1.11. The highest BCUT2D eigenvalue weighted by atomic mass is 16.3. The molecule has 1 heterocycles. The minimum Gasteiger partial charge on any atom is -0.394 e. The zero-order valence-electron chi connectivity index (χ0n) is 9.57. The van der Waals surface area contributed by atoms with Crippen LogP contribution in [0.25, 0.3) is 0 Å². The fourth-order valence-electron chi connectivity index (χ4n) is 2.61. The lowest BCUT2D eigenvalue weighted by atomic mass is 9.99. The number of aliphatic hydroxyl groups is 1. The Hall–Kier alpha value is -0.900. The van der Waals surface area contributed by atoms with Gasteiger partial charge in [-0.15, -0.1) is 0 Å². The number of carbonyl (C=O) groups excluding carboxylic acids is 2. The Morgan fingerprint density at radius 2 is 1.67 bits per heavy atom. The number of rotatable bonds is 2. The normalized spacial score (nSPS) is 33.3. The van der Waals surface area contributed by atoms with E-state index in [-0.39, 0.29) is 35.7 Å². The summed E-state index contributed by atoms with van der Waals surface area (Å²) in [5.41, 5.74) is -0.937. The van der Waals surface area contributed by atoms with Crippen LogP contribution in [0, 0.1) is 17.3 Å². The van der Waals surface area contributed by atoms with E-state index in [9.17, 15) is 14.7 Å². The van der Waals surface area contributed by atoms with Crippen molar-refractivity contribution in [1.82, 2.24) is 4.90 Å². The van der Waals surface area contributed by atoms with Gasteiger partial charge in [-0.25, -0.2) is 0 Å². The fraction of sp³-hybridized carbons (Fsp3) is 0.818. The Labute approximate surface area is 89.3 Å². The molecule has 0 radical (unpaired) electrons. The van der Waals surface area contributed by atoms with Gasteiger partial charge in [-0.1, -0.05) is 13.8 Å². The first-order chi connectivity index (χ1) is 6.75. The largest absolute Gasteiger partial charge is 0.394 e. The van der Waals surface area contributed by atoms with Gasteiger partial charge in [-0.3, -0.25) is 14.5 Å². The summed E-state index contributed by atoms with van der Waals surface area (Å²) >= 11 is 0. The second-order valence-corrected chi connectivity index (χ2v) is 5.76. The monoisotopic (exact) mass is 211 g/mol. The average molecular weight is 211 g/mol. The summed E-state index contributed by atoms with van der Waals surface area (Å²) in [5, 5.41) is 9.18. The molecule has 1 aliphatic carbocycles. The number of aliphatic hydroxyl groups excluding tert-OH is 1. The highest BCUT2D eigenvalue weighted by molar-refractivity contribution is 6.10. The molecule has 0 bridgehead atoms. The van der Waals surface area contributed by atoms with E-state index >= 15 is 0 Å². The molecule has 4 nitrogen and oxygen atoms in total. The van der Waals surface area contributed by atoms with Crippen LogP contribution in [0.4, 0.5) is 0 Å². The molecule has 2 amide bonds. The molecular formula is C11H17NO3. The van der Waals surface area contributed by atoms with Crippen LogP contribution in [0.15, 0.2) is 0 Å². The Kier molecular flexibility index (Phi) is 1.85. The smallest absolute Gasteiger partial charge is 0.234 e. The van der Waals surface area contributed by atoms with Crippen LogP contribution < -0.4 is 0 Å². The van der Waals surface area contributed by atoms with E-state index in [0.717, 1.165) is 0 Å². The van der Waals surface area contributed by atoms with E-state index in [1.54, 1.807) is 13.8 Å². The van der Waals surface area contributed by atoms with Crippen molar-refractivity contribution in [3.05, 3.63) is 0 Å². The Balaban J connectivity index is 2.29. The van der Waals surface area contributed by atoms with Gasteiger partial charge in [0.15, 0.2) is 0 Å². The first kappa shape index (κ1) is 10.6. The van der Waals surface area contributed by atoms with E-state index in [2.05, 4.69) is 0 Å². The summed E-state index contributed by atoms with van der Waals surface area (Å²) in [6.45, 7) is 7.12. The minimum absolute atomic E-state index is 0.117. The van der Waals surface area contributed by atoms with Crippen LogP contribution in [-0.4, -0.2) is 34.0 Å². The zero-order valence-corrected chi connectivity index (χ0v) is 9.57. The molecule has 2 unspecified atom stereocenters. The van der Waals surface area contributed by atoms with Gasteiger partial charge in [-0.05, 0) is 19.3 Å². The molecule has 2 fully saturated rings. The zero-order chi connectivity index (χ0) is 11.6. The molecule has 1 saturated carbocycles. The molecule has 0 spiro atoms. The maximum absolute atomic E-state index is 12.0. The number of carbonyl (C=O) groups is 2. The molecule has 2 rings (SSSR count). The van der Waals surface area contributed by atoms with Crippen LogP contribution in [0.5, 0.6) is 0 Å². The lowest BCUT2D eigenvalue weighted by molar-refractivity contribution is -0.151. The Bertz CT molecular complexity index is 322. The molecule has 0 aromatic heterocycles. The van der Waals surface area contributed by atoms with Crippen LogP contribution >= 0.6 is 0 Å². The van der Waals surface area contributed by atoms with E-state index in [0.29, 0.717) is 0 Å². The topological polar surface area (TPSA) is 57.6 Å². The van der Waals surface area contributed by atoms with Crippen molar-refractivity contribution in [3.8, 4) is 0 Å². The van der Waals surface area contributed by atoms with Crippen molar-refractivity contribution < 1.29 is 14.7 Å². The third-order valence-corrected chi connectivity index (χ3v) is 3.79. The van der Waals surface area contributed by atoms with Gasteiger partial charge in [0.2, 0.25) is 11.8 Å². The van der Waals surface area contributed by atoms with Crippen molar-refractivity contribution in [2.45, 2.75) is 33.2 Å². The highest BCUT2D eigenvalue weighted by Gasteiger charge is 2.73. The standard InChI is InChI=1S/C11H17NO3/c1-10(2,5-13)12-8(14)6-7(9(12)15)11(6,3)4/h6-7,13H,5H2,1-4H3. The summed E-state index contributed by atoms with van der Waals surface area (Å²) in [6.07, 6.45) is 0. The Morgan fingerprint density at radius 3 is 2.00 bits per heavy atom. The number of hydrogen-bond acceptors (Lipinski definition) is 3. The lowest BCUT2D eigenvalue weighted by Gasteiger charge is -2.34. The molecule has 84 valence electrons. The molecule has 0 aromatic rings. The molecule has 0 aromatic carbocycles. The van der Waals surface area contributed by atoms with Gasteiger partial charge in [0.25, 0.3) is 0 Å². The summed E-state index contributed by atoms with van der Waals surface area (Å²) in [4.78, 5) is 25.2. The lowest BCUT2D eigenvalue weighted by Crippen LogP contribution is -2.52. The number of amides is 2. The van der Waals surface area contributed by atoms with Crippen LogP contribution in [0.1, 0.15) is 27.7 Å². The van der Waals surface area contributed by atoms with Gasteiger partial charge < -0.3 is 5.11 Å². The summed E-state index contributed by atoms with van der Waals surface area (Å²) in [6, 6.07) is 0. The number of imide groups is 1. The van der Waals surface area contributed by atoms with Crippen LogP contribution in [-0.2, 0) is 9.59 Å². The molecule has 2 atom stereocenters. The van der Waals surface area contributed by atoms with Gasteiger partial charge in [0.05, 0.1) is 24.0 Å². The quantitative estimate of drug-likeness (QED) is 0.672. The summed E-state index contributed by atoms with van der Waals surface area (Å²) in [5.74, 6) is -0.547.